The van der Waals surface area contributed by atoms with E-state index in [0.717, 1.165) is 25.2 Å². The Hall–Kier alpha value is -0.640. The highest BCUT2D eigenvalue weighted by Crippen LogP contribution is 2.23. The van der Waals surface area contributed by atoms with Crippen LogP contribution in [-0.4, -0.2) is 19.3 Å². The number of nitrogens with one attached hydrogen (secondary N) is 1. The van der Waals surface area contributed by atoms with E-state index in [1.807, 2.05) is 0 Å². The molecule has 2 rings (SSSR count). The Kier molecular flexibility index (Phi) is 4.60. The van der Waals surface area contributed by atoms with Crippen LogP contribution in [-0.2, 0) is 4.74 Å². The molecule has 1 heterocycles. The molecule has 0 aliphatic carbocycles. The summed E-state index contributed by atoms with van der Waals surface area (Å²) in [6.45, 7) is 5.86. The van der Waals surface area contributed by atoms with Crippen LogP contribution in [0.3, 0.4) is 0 Å². The number of rotatable bonds is 3. The molecule has 1 aromatic carbocycles. The third kappa shape index (κ3) is 3.22. The molecule has 4 heteroatoms. The van der Waals surface area contributed by atoms with Gasteiger partial charge in [0.25, 0.3) is 0 Å². The third-order valence-electron chi connectivity index (χ3n) is 3.55. The van der Waals surface area contributed by atoms with Crippen molar-refractivity contribution >= 4 is 11.6 Å². The van der Waals surface area contributed by atoms with E-state index in [9.17, 15) is 4.39 Å². The van der Waals surface area contributed by atoms with E-state index in [-0.39, 0.29) is 16.9 Å². The van der Waals surface area contributed by atoms with E-state index in [1.165, 1.54) is 6.07 Å². The molecule has 1 saturated heterocycles. The highest BCUT2D eigenvalue weighted by atomic mass is 35.5. The number of ether oxygens (including phenoxy) is 1. The van der Waals surface area contributed by atoms with E-state index in [4.69, 9.17) is 16.3 Å². The monoisotopic (exact) mass is 271 g/mol. The summed E-state index contributed by atoms with van der Waals surface area (Å²) in [7, 11) is 0. The predicted molar refractivity (Wildman–Crippen MR) is 71.3 cm³/mol. The van der Waals surface area contributed by atoms with Crippen LogP contribution in [0.25, 0.3) is 0 Å². The molecule has 0 saturated carbocycles. The fraction of sp³-hybridized carbons (Fsp3) is 0.571. The summed E-state index contributed by atoms with van der Waals surface area (Å²) >= 11 is 5.81. The largest absolute Gasteiger partial charge is 0.381 e. The van der Waals surface area contributed by atoms with Crippen molar-refractivity contribution in [1.29, 1.82) is 0 Å². The second-order valence-electron chi connectivity index (χ2n) is 5.01. The summed E-state index contributed by atoms with van der Waals surface area (Å²) in [5.74, 6) is 0.129. The van der Waals surface area contributed by atoms with Crippen molar-refractivity contribution in [2.75, 3.05) is 13.2 Å². The SMILES string of the molecule is CC(NC1CCOCC1C)c1ccc(F)c(Cl)c1. The zero-order valence-electron chi connectivity index (χ0n) is 10.7. The van der Waals surface area contributed by atoms with Gasteiger partial charge in [-0.3, -0.25) is 0 Å². The molecule has 0 radical (unpaired) electrons. The van der Waals surface area contributed by atoms with Crippen LogP contribution < -0.4 is 5.32 Å². The van der Waals surface area contributed by atoms with Gasteiger partial charge in [-0.25, -0.2) is 4.39 Å². The van der Waals surface area contributed by atoms with E-state index < -0.39 is 0 Å². The smallest absolute Gasteiger partial charge is 0.141 e. The highest BCUT2D eigenvalue weighted by Gasteiger charge is 2.23. The molecule has 1 aliphatic heterocycles. The maximum Gasteiger partial charge on any atom is 0.141 e. The van der Waals surface area contributed by atoms with Gasteiger partial charge in [0.15, 0.2) is 0 Å². The van der Waals surface area contributed by atoms with Crippen molar-refractivity contribution in [2.45, 2.75) is 32.4 Å². The summed E-state index contributed by atoms with van der Waals surface area (Å²) in [5, 5.41) is 3.75. The van der Waals surface area contributed by atoms with Gasteiger partial charge in [-0.15, -0.1) is 0 Å². The van der Waals surface area contributed by atoms with Gasteiger partial charge >= 0.3 is 0 Å². The lowest BCUT2D eigenvalue weighted by molar-refractivity contribution is 0.0363. The van der Waals surface area contributed by atoms with Crippen LogP contribution in [0.15, 0.2) is 18.2 Å². The zero-order valence-corrected chi connectivity index (χ0v) is 11.5. The Labute approximate surface area is 112 Å². The standard InChI is InChI=1S/C14H19ClFNO/c1-9-8-18-6-5-14(9)17-10(2)11-3-4-13(16)12(15)7-11/h3-4,7,9-10,14,17H,5-6,8H2,1-2H3. The Morgan fingerprint density at radius 2 is 2.28 bits per heavy atom. The van der Waals surface area contributed by atoms with Crippen LogP contribution in [0.2, 0.25) is 5.02 Å². The number of hydrogen-bond acceptors (Lipinski definition) is 2. The van der Waals surface area contributed by atoms with Gasteiger partial charge in [-0.1, -0.05) is 24.6 Å². The van der Waals surface area contributed by atoms with E-state index >= 15 is 0 Å². The fourth-order valence-corrected chi connectivity index (χ4v) is 2.52. The third-order valence-corrected chi connectivity index (χ3v) is 3.84. The first-order chi connectivity index (χ1) is 8.58. The van der Waals surface area contributed by atoms with Gasteiger partial charge in [0, 0.05) is 18.7 Å². The van der Waals surface area contributed by atoms with Crippen LogP contribution in [0.4, 0.5) is 4.39 Å². The lowest BCUT2D eigenvalue weighted by Gasteiger charge is -2.32. The van der Waals surface area contributed by atoms with Gasteiger partial charge in [-0.05, 0) is 37.0 Å². The predicted octanol–water partition coefficient (Wildman–Crippen LogP) is 3.55. The van der Waals surface area contributed by atoms with Crippen LogP contribution in [0.5, 0.6) is 0 Å². The molecule has 3 unspecified atom stereocenters. The molecule has 100 valence electrons. The average molecular weight is 272 g/mol. The summed E-state index contributed by atoms with van der Waals surface area (Å²) in [4.78, 5) is 0. The molecule has 1 aromatic rings. The Balaban J connectivity index is 2.02. The van der Waals surface area contributed by atoms with Crippen molar-refractivity contribution in [1.82, 2.24) is 5.32 Å². The summed E-state index contributed by atoms with van der Waals surface area (Å²) in [5.41, 5.74) is 1.01. The van der Waals surface area contributed by atoms with Gasteiger partial charge in [0.1, 0.15) is 5.82 Å². The first-order valence-corrected chi connectivity index (χ1v) is 6.74. The van der Waals surface area contributed by atoms with Crippen molar-refractivity contribution in [3.8, 4) is 0 Å². The molecule has 0 amide bonds. The maximum atomic E-state index is 13.1. The molecular formula is C14H19ClFNO. The van der Waals surface area contributed by atoms with Crippen molar-refractivity contribution in [2.24, 2.45) is 5.92 Å². The number of hydrogen-bond donors (Lipinski definition) is 1. The Bertz CT molecular complexity index is 413. The summed E-state index contributed by atoms with van der Waals surface area (Å²) in [6.07, 6.45) is 1.01. The summed E-state index contributed by atoms with van der Waals surface area (Å²) in [6, 6.07) is 5.50. The van der Waals surface area contributed by atoms with Crippen molar-refractivity contribution in [3.05, 3.63) is 34.6 Å². The van der Waals surface area contributed by atoms with Crippen molar-refractivity contribution in [3.63, 3.8) is 0 Å². The van der Waals surface area contributed by atoms with E-state index in [2.05, 4.69) is 19.2 Å². The molecule has 1 N–H and O–H groups in total. The molecular weight excluding hydrogens is 253 g/mol. The molecule has 1 fully saturated rings. The first-order valence-electron chi connectivity index (χ1n) is 6.36. The van der Waals surface area contributed by atoms with Gasteiger partial charge < -0.3 is 10.1 Å². The molecule has 1 aliphatic rings. The van der Waals surface area contributed by atoms with Crippen LogP contribution in [0, 0.1) is 11.7 Å². The minimum Gasteiger partial charge on any atom is -0.381 e. The quantitative estimate of drug-likeness (QED) is 0.908. The van der Waals surface area contributed by atoms with Crippen molar-refractivity contribution < 1.29 is 9.13 Å². The Morgan fingerprint density at radius 3 is 2.94 bits per heavy atom. The molecule has 0 spiro atoms. The molecule has 0 bridgehead atoms. The van der Waals surface area contributed by atoms with Gasteiger partial charge in [-0.2, -0.15) is 0 Å². The minimum absolute atomic E-state index is 0.161. The van der Waals surface area contributed by atoms with E-state index in [1.54, 1.807) is 12.1 Å². The molecule has 0 aromatic heterocycles. The summed E-state index contributed by atoms with van der Waals surface area (Å²) < 4.78 is 18.5. The second kappa shape index (κ2) is 6.00. The fourth-order valence-electron chi connectivity index (χ4n) is 2.33. The minimum atomic E-state index is -0.368. The van der Waals surface area contributed by atoms with Crippen LogP contribution in [0.1, 0.15) is 31.9 Å². The molecule has 3 atom stereocenters. The maximum absolute atomic E-state index is 13.1. The first kappa shape index (κ1) is 13.8. The topological polar surface area (TPSA) is 21.3 Å². The molecule has 2 nitrogen and oxygen atoms in total. The van der Waals surface area contributed by atoms with E-state index in [0.29, 0.717) is 12.0 Å². The highest BCUT2D eigenvalue weighted by molar-refractivity contribution is 6.30. The number of halogens is 2. The normalized spacial score (nSPS) is 26.0. The average Bonchev–Trinajstić information content (AvgIpc) is 2.35. The Morgan fingerprint density at radius 1 is 1.50 bits per heavy atom. The van der Waals surface area contributed by atoms with Crippen LogP contribution >= 0.6 is 11.6 Å². The lowest BCUT2D eigenvalue weighted by Crippen LogP contribution is -2.42. The lowest BCUT2D eigenvalue weighted by atomic mass is 9.96. The van der Waals surface area contributed by atoms with Gasteiger partial charge in [0.2, 0.25) is 0 Å². The molecule has 18 heavy (non-hydrogen) atoms. The second-order valence-corrected chi connectivity index (χ2v) is 5.42. The number of benzene rings is 1. The zero-order chi connectivity index (χ0) is 13.1. The van der Waals surface area contributed by atoms with Gasteiger partial charge in [0.05, 0.1) is 11.6 Å².